The number of nitrogens with one attached hydrogen (secondary N) is 2. The van der Waals surface area contributed by atoms with E-state index in [4.69, 9.17) is 5.14 Å². The molecule has 0 radical (unpaired) electrons. The highest BCUT2D eigenvalue weighted by molar-refractivity contribution is 14.0. The largest absolute Gasteiger partial charge is 0.357 e. The van der Waals surface area contributed by atoms with Gasteiger partial charge in [-0.15, -0.1) is 30.6 Å². The molecule has 1 aromatic carbocycles. The maximum atomic E-state index is 11.3. The molecule has 0 saturated heterocycles. The van der Waals surface area contributed by atoms with Gasteiger partial charge in [0.15, 0.2) is 5.96 Å². The molecule has 0 heterocycles. The van der Waals surface area contributed by atoms with Gasteiger partial charge in [-0.2, -0.15) is 0 Å². The van der Waals surface area contributed by atoms with Gasteiger partial charge >= 0.3 is 0 Å². The average Bonchev–Trinajstić information content (AvgIpc) is 2.41. The fraction of sp³-hybridized carbons (Fsp3) is 0.308. The molecule has 0 bridgehead atoms. The number of guanidine groups is 1. The molecule has 1 aromatic rings. The van der Waals surface area contributed by atoms with E-state index in [-0.39, 0.29) is 28.9 Å². The minimum Gasteiger partial charge on any atom is -0.357 e. The van der Waals surface area contributed by atoms with Crippen LogP contribution in [0.5, 0.6) is 0 Å². The Morgan fingerprint density at radius 2 is 2.14 bits per heavy atom. The van der Waals surface area contributed by atoms with Crippen LogP contribution < -0.4 is 15.8 Å². The number of hydrogen-bond acceptors (Lipinski definition) is 3. The van der Waals surface area contributed by atoms with Crippen LogP contribution in [0.4, 0.5) is 0 Å². The molecular weight excluding hydrogens is 403 g/mol. The second kappa shape index (κ2) is 9.74. The van der Waals surface area contributed by atoms with E-state index in [0.29, 0.717) is 19.0 Å². The molecule has 0 amide bonds. The molecular formula is C13H21IN4O2S. The van der Waals surface area contributed by atoms with Crippen LogP contribution in [0, 0.1) is 0 Å². The lowest BCUT2D eigenvalue weighted by Crippen LogP contribution is -2.37. The summed E-state index contributed by atoms with van der Waals surface area (Å²) in [6.45, 7) is 7.28. The first-order chi connectivity index (χ1) is 9.47. The SMILES string of the molecule is C=CCNC(=NCc1cccc(S(N)(=O)=O)c1)NCC.I. The van der Waals surface area contributed by atoms with Crippen molar-refractivity contribution in [3.05, 3.63) is 42.5 Å². The lowest BCUT2D eigenvalue weighted by atomic mass is 10.2. The van der Waals surface area contributed by atoms with Crippen molar-refractivity contribution in [1.29, 1.82) is 0 Å². The number of rotatable bonds is 6. The molecule has 0 aliphatic rings. The Morgan fingerprint density at radius 3 is 2.71 bits per heavy atom. The molecule has 6 nitrogen and oxygen atoms in total. The van der Waals surface area contributed by atoms with Gasteiger partial charge in [0.05, 0.1) is 11.4 Å². The molecule has 0 aromatic heterocycles. The highest BCUT2D eigenvalue weighted by Crippen LogP contribution is 2.10. The van der Waals surface area contributed by atoms with Crippen LogP contribution in [-0.4, -0.2) is 27.5 Å². The monoisotopic (exact) mass is 424 g/mol. The number of sulfonamides is 1. The van der Waals surface area contributed by atoms with Crippen molar-refractivity contribution in [2.45, 2.75) is 18.4 Å². The third-order valence-corrected chi connectivity index (χ3v) is 3.32. The fourth-order valence-electron chi connectivity index (χ4n) is 1.50. The molecule has 0 saturated carbocycles. The van der Waals surface area contributed by atoms with Crippen LogP contribution in [0.2, 0.25) is 0 Å². The third kappa shape index (κ3) is 7.44. The topological polar surface area (TPSA) is 96.6 Å². The van der Waals surface area contributed by atoms with E-state index in [1.54, 1.807) is 18.2 Å². The van der Waals surface area contributed by atoms with Gasteiger partial charge in [0, 0.05) is 13.1 Å². The van der Waals surface area contributed by atoms with E-state index in [1.165, 1.54) is 12.1 Å². The third-order valence-electron chi connectivity index (χ3n) is 2.40. The normalized spacial score (nSPS) is 11.4. The Balaban J connectivity index is 0.00000400. The summed E-state index contributed by atoms with van der Waals surface area (Å²) in [5, 5.41) is 11.2. The summed E-state index contributed by atoms with van der Waals surface area (Å²) in [5.74, 6) is 0.647. The maximum Gasteiger partial charge on any atom is 0.238 e. The van der Waals surface area contributed by atoms with Crippen molar-refractivity contribution < 1.29 is 8.42 Å². The summed E-state index contributed by atoms with van der Waals surface area (Å²) in [7, 11) is -3.68. The number of aliphatic imine (C=N–C) groups is 1. The molecule has 0 unspecified atom stereocenters. The lowest BCUT2D eigenvalue weighted by molar-refractivity contribution is 0.597. The van der Waals surface area contributed by atoms with Gasteiger partial charge in [-0.25, -0.2) is 18.5 Å². The van der Waals surface area contributed by atoms with Crippen LogP contribution in [0.15, 0.2) is 46.8 Å². The first-order valence-corrected chi connectivity index (χ1v) is 7.76. The zero-order chi connectivity index (χ0) is 15.0. The van der Waals surface area contributed by atoms with Crippen molar-refractivity contribution in [3.63, 3.8) is 0 Å². The van der Waals surface area contributed by atoms with Crippen molar-refractivity contribution >= 4 is 40.0 Å². The van der Waals surface area contributed by atoms with Crippen molar-refractivity contribution in [1.82, 2.24) is 10.6 Å². The molecule has 118 valence electrons. The van der Waals surface area contributed by atoms with Gasteiger partial charge in [0.1, 0.15) is 0 Å². The first kappa shape index (κ1) is 19.9. The van der Waals surface area contributed by atoms with E-state index >= 15 is 0 Å². The van der Waals surface area contributed by atoms with Gasteiger partial charge in [-0.1, -0.05) is 18.2 Å². The Labute approximate surface area is 143 Å². The number of hydrogen-bond donors (Lipinski definition) is 3. The molecule has 0 aliphatic heterocycles. The highest BCUT2D eigenvalue weighted by Gasteiger charge is 2.07. The molecule has 21 heavy (non-hydrogen) atoms. The summed E-state index contributed by atoms with van der Waals surface area (Å²) in [6, 6.07) is 6.43. The van der Waals surface area contributed by atoms with Crippen LogP contribution in [0.25, 0.3) is 0 Å². The summed E-state index contributed by atoms with van der Waals surface area (Å²) in [6.07, 6.45) is 1.73. The second-order valence-corrected chi connectivity index (χ2v) is 5.62. The molecule has 8 heteroatoms. The van der Waals surface area contributed by atoms with Gasteiger partial charge < -0.3 is 10.6 Å². The Bertz CT molecular complexity index is 588. The second-order valence-electron chi connectivity index (χ2n) is 4.06. The molecule has 1 rings (SSSR count). The highest BCUT2D eigenvalue weighted by atomic mass is 127. The minimum absolute atomic E-state index is 0. The van der Waals surface area contributed by atoms with Crippen molar-refractivity contribution in [2.24, 2.45) is 10.1 Å². The zero-order valence-corrected chi connectivity index (χ0v) is 15.0. The van der Waals surface area contributed by atoms with Gasteiger partial charge in [-0.05, 0) is 24.6 Å². The molecule has 0 aliphatic carbocycles. The summed E-state index contributed by atoms with van der Waals surface area (Å²) in [4.78, 5) is 4.45. The summed E-state index contributed by atoms with van der Waals surface area (Å²) >= 11 is 0. The van der Waals surface area contributed by atoms with E-state index in [1.807, 2.05) is 6.92 Å². The van der Waals surface area contributed by atoms with Crippen LogP contribution in [0.1, 0.15) is 12.5 Å². The van der Waals surface area contributed by atoms with Gasteiger partial charge in [0.25, 0.3) is 0 Å². The predicted molar refractivity (Wildman–Crippen MR) is 96.2 cm³/mol. The molecule has 0 atom stereocenters. The minimum atomic E-state index is -3.68. The molecule has 0 fully saturated rings. The Morgan fingerprint density at radius 1 is 1.43 bits per heavy atom. The standard InChI is InChI=1S/C13H20N4O2S.HI/c1-3-8-16-13(15-4-2)17-10-11-6-5-7-12(9-11)20(14,18)19;/h3,5-7,9H,1,4,8,10H2,2H3,(H2,14,18,19)(H2,15,16,17);1H. The number of primary sulfonamides is 1. The predicted octanol–water partition coefficient (Wildman–Crippen LogP) is 1.19. The first-order valence-electron chi connectivity index (χ1n) is 6.22. The fourth-order valence-corrected chi connectivity index (χ4v) is 2.09. The number of nitrogens with two attached hydrogens (primary N) is 1. The lowest BCUT2D eigenvalue weighted by Gasteiger charge is -2.09. The number of benzene rings is 1. The number of halogens is 1. The van der Waals surface area contributed by atoms with E-state index in [9.17, 15) is 8.42 Å². The van der Waals surface area contributed by atoms with Crippen molar-refractivity contribution in [3.8, 4) is 0 Å². The van der Waals surface area contributed by atoms with Gasteiger partial charge in [0.2, 0.25) is 10.0 Å². The van der Waals surface area contributed by atoms with Crippen LogP contribution in [-0.2, 0) is 16.6 Å². The zero-order valence-electron chi connectivity index (χ0n) is 11.9. The average molecular weight is 424 g/mol. The van der Waals surface area contributed by atoms with Gasteiger partial charge in [-0.3, -0.25) is 0 Å². The van der Waals surface area contributed by atoms with Crippen LogP contribution >= 0.6 is 24.0 Å². The maximum absolute atomic E-state index is 11.3. The van der Waals surface area contributed by atoms with E-state index in [2.05, 4.69) is 22.2 Å². The molecule has 0 spiro atoms. The quantitative estimate of drug-likeness (QED) is 0.277. The smallest absolute Gasteiger partial charge is 0.238 e. The van der Waals surface area contributed by atoms with Crippen molar-refractivity contribution in [2.75, 3.05) is 13.1 Å². The number of nitrogens with zero attached hydrogens (tertiary/aromatic N) is 1. The molecule has 4 N–H and O–H groups in total. The Hall–Kier alpha value is -1.13. The van der Waals surface area contributed by atoms with E-state index in [0.717, 1.165) is 12.1 Å². The van der Waals surface area contributed by atoms with E-state index < -0.39 is 10.0 Å². The van der Waals surface area contributed by atoms with Crippen LogP contribution in [0.3, 0.4) is 0 Å². The Kier molecular flexibility index (Phi) is 9.22. The summed E-state index contributed by atoms with van der Waals surface area (Å²) in [5.41, 5.74) is 0.771. The summed E-state index contributed by atoms with van der Waals surface area (Å²) < 4.78 is 22.5.